The van der Waals surface area contributed by atoms with Crippen molar-refractivity contribution in [2.24, 2.45) is 0 Å². The van der Waals surface area contributed by atoms with Crippen LogP contribution in [0, 0.1) is 17.0 Å². The van der Waals surface area contributed by atoms with E-state index in [1.165, 1.54) is 30.3 Å². The third-order valence-corrected chi connectivity index (χ3v) is 3.19. The molecule has 0 aromatic heterocycles. The topological polar surface area (TPSA) is 92.5 Å². The van der Waals surface area contributed by atoms with E-state index in [0.29, 0.717) is 5.56 Å². The van der Waals surface area contributed by atoms with Gasteiger partial charge in [-0.1, -0.05) is 17.7 Å². The van der Waals surface area contributed by atoms with E-state index in [0.717, 1.165) is 0 Å². The van der Waals surface area contributed by atoms with Crippen LogP contribution in [0.25, 0.3) is 0 Å². The molecular weight excluding hydrogens is 296 g/mol. The van der Waals surface area contributed by atoms with Crippen LogP contribution in [0.3, 0.4) is 0 Å². The first-order valence-corrected chi connectivity index (χ1v) is 6.31. The number of nitrogens with zero attached hydrogens (tertiary/aromatic N) is 1. The number of halogens is 1. The second kappa shape index (κ2) is 5.80. The number of carbonyl (C=O) groups excluding carboxylic acids is 1. The van der Waals surface area contributed by atoms with Crippen molar-refractivity contribution in [3.63, 3.8) is 0 Å². The van der Waals surface area contributed by atoms with E-state index in [9.17, 15) is 20.0 Å². The number of hydrogen-bond donors (Lipinski definition) is 2. The Morgan fingerprint density at radius 1 is 1.29 bits per heavy atom. The molecule has 108 valence electrons. The summed E-state index contributed by atoms with van der Waals surface area (Å²) < 4.78 is 0. The lowest BCUT2D eigenvalue weighted by Crippen LogP contribution is -2.12. The molecule has 0 unspecified atom stereocenters. The molecule has 0 saturated heterocycles. The summed E-state index contributed by atoms with van der Waals surface area (Å²) in [6, 6.07) is 8.33. The van der Waals surface area contributed by atoms with Crippen LogP contribution in [0.4, 0.5) is 11.4 Å². The maximum Gasteiger partial charge on any atom is 0.274 e. The number of aromatic hydroxyl groups is 1. The van der Waals surface area contributed by atoms with Crippen molar-refractivity contribution in [3.8, 4) is 5.75 Å². The molecule has 0 aliphatic rings. The minimum atomic E-state index is -0.561. The van der Waals surface area contributed by atoms with Gasteiger partial charge in [0.15, 0.2) is 0 Å². The standard InChI is InChI=1S/C14H11ClN2O4/c1-8-2-3-9(6-13(8)17(20)21)16-14(19)11-7-10(18)4-5-12(11)15/h2-7,18H,1H3,(H,16,19). The van der Waals surface area contributed by atoms with Crippen LogP contribution in [0.1, 0.15) is 15.9 Å². The molecule has 0 radical (unpaired) electrons. The Morgan fingerprint density at radius 2 is 2.00 bits per heavy atom. The van der Waals surface area contributed by atoms with E-state index in [-0.39, 0.29) is 27.7 Å². The van der Waals surface area contributed by atoms with Crippen molar-refractivity contribution in [2.45, 2.75) is 6.92 Å². The van der Waals surface area contributed by atoms with Gasteiger partial charge in [-0.2, -0.15) is 0 Å². The summed E-state index contributed by atoms with van der Waals surface area (Å²) in [6.45, 7) is 1.61. The molecule has 0 saturated carbocycles. The molecule has 0 aliphatic heterocycles. The molecule has 0 heterocycles. The number of phenolic OH excluding ortho intramolecular Hbond substituents is 1. The summed E-state index contributed by atoms with van der Waals surface area (Å²) in [6.07, 6.45) is 0. The largest absolute Gasteiger partial charge is 0.508 e. The quantitative estimate of drug-likeness (QED) is 0.670. The zero-order chi connectivity index (χ0) is 15.6. The molecule has 0 bridgehead atoms. The van der Waals surface area contributed by atoms with Gasteiger partial charge in [0.2, 0.25) is 0 Å². The highest BCUT2D eigenvalue weighted by Crippen LogP contribution is 2.25. The third-order valence-electron chi connectivity index (χ3n) is 2.86. The van der Waals surface area contributed by atoms with E-state index in [1.807, 2.05) is 0 Å². The van der Waals surface area contributed by atoms with Crippen LogP contribution in [-0.4, -0.2) is 15.9 Å². The molecule has 0 atom stereocenters. The number of hydrogen-bond acceptors (Lipinski definition) is 4. The molecule has 7 heteroatoms. The summed E-state index contributed by atoms with van der Waals surface area (Å²) in [5.74, 6) is -0.659. The lowest BCUT2D eigenvalue weighted by molar-refractivity contribution is -0.385. The summed E-state index contributed by atoms with van der Waals surface area (Å²) in [5.41, 5.74) is 0.764. The average molecular weight is 307 g/mol. The Hall–Kier alpha value is -2.60. The Kier molecular flexibility index (Phi) is 4.09. The first kappa shape index (κ1) is 14.8. The fourth-order valence-electron chi connectivity index (χ4n) is 1.77. The third kappa shape index (κ3) is 3.29. The Labute approximate surface area is 125 Å². The van der Waals surface area contributed by atoms with Crippen LogP contribution >= 0.6 is 11.6 Å². The lowest BCUT2D eigenvalue weighted by atomic mass is 10.1. The molecule has 0 fully saturated rings. The molecule has 21 heavy (non-hydrogen) atoms. The van der Waals surface area contributed by atoms with Gasteiger partial charge in [-0.3, -0.25) is 14.9 Å². The van der Waals surface area contributed by atoms with Crippen molar-refractivity contribution in [3.05, 3.63) is 62.7 Å². The van der Waals surface area contributed by atoms with E-state index in [2.05, 4.69) is 5.32 Å². The Balaban J connectivity index is 2.29. The Bertz CT molecular complexity index is 731. The highest BCUT2D eigenvalue weighted by molar-refractivity contribution is 6.34. The summed E-state index contributed by atoms with van der Waals surface area (Å²) in [4.78, 5) is 22.4. The second-order valence-corrected chi connectivity index (χ2v) is 4.78. The number of nitro groups is 1. The first-order valence-electron chi connectivity index (χ1n) is 5.93. The SMILES string of the molecule is Cc1ccc(NC(=O)c2cc(O)ccc2Cl)cc1[N+](=O)[O-]. The van der Waals surface area contributed by atoms with Gasteiger partial charge in [0.25, 0.3) is 11.6 Å². The number of benzene rings is 2. The van der Waals surface area contributed by atoms with Crippen molar-refractivity contribution in [2.75, 3.05) is 5.32 Å². The van der Waals surface area contributed by atoms with Crippen LogP contribution in [0.2, 0.25) is 5.02 Å². The van der Waals surface area contributed by atoms with Gasteiger partial charge in [-0.25, -0.2) is 0 Å². The zero-order valence-electron chi connectivity index (χ0n) is 11.0. The van der Waals surface area contributed by atoms with Crippen LogP contribution in [0.5, 0.6) is 5.75 Å². The monoisotopic (exact) mass is 306 g/mol. The average Bonchev–Trinajstić information content (AvgIpc) is 2.43. The minimum Gasteiger partial charge on any atom is -0.508 e. The molecule has 0 spiro atoms. The van der Waals surface area contributed by atoms with Crippen molar-refractivity contribution < 1.29 is 14.8 Å². The molecule has 1 amide bonds. The van der Waals surface area contributed by atoms with Crippen LogP contribution < -0.4 is 5.32 Å². The van der Waals surface area contributed by atoms with Gasteiger partial charge in [0.1, 0.15) is 5.75 Å². The molecule has 2 N–H and O–H groups in total. The number of rotatable bonds is 3. The van der Waals surface area contributed by atoms with Crippen LogP contribution in [-0.2, 0) is 0 Å². The van der Waals surface area contributed by atoms with E-state index >= 15 is 0 Å². The predicted octanol–water partition coefficient (Wildman–Crippen LogP) is 3.51. The number of nitro benzene ring substituents is 1. The van der Waals surface area contributed by atoms with Gasteiger partial charge in [-0.15, -0.1) is 0 Å². The lowest BCUT2D eigenvalue weighted by Gasteiger charge is -2.08. The number of anilines is 1. The van der Waals surface area contributed by atoms with E-state index < -0.39 is 10.8 Å². The normalized spacial score (nSPS) is 10.2. The molecule has 0 aliphatic carbocycles. The van der Waals surface area contributed by atoms with Gasteiger partial charge in [0, 0.05) is 17.3 Å². The molecule has 2 aromatic carbocycles. The molecule has 2 rings (SSSR count). The van der Waals surface area contributed by atoms with Gasteiger partial charge < -0.3 is 10.4 Å². The van der Waals surface area contributed by atoms with Gasteiger partial charge in [-0.05, 0) is 31.2 Å². The fraction of sp³-hybridized carbons (Fsp3) is 0.0714. The number of aryl methyl sites for hydroxylation is 1. The highest BCUT2D eigenvalue weighted by atomic mass is 35.5. The molecular formula is C14H11ClN2O4. The number of nitrogens with one attached hydrogen (secondary N) is 1. The maximum absolute atomic E-state index is 12.1. The van der Waals surface area contributed by atoms with Crippen molar-refractivity contribution >= 4 is 28.9 Å². The van der Waals surface area contributed by atoms with E-state index in [4.69, 9.17) is 11.6 Å². The highest BCUT2D eigenvalue weighted by Gasteiger charge is 2.15. The van der Waals surface area contributed by atoms with Crippen molar-refractivity contribution in [1.82, 2.24) is 0 Å². The summed E-state index contributed by atoms with van der Waals surface area (Å²) >= 11 is 5.88. The second-order valence-electron chi connectivity index (χ2n) is 4.38. The fourth-order valence-corrected chi connectivity index (χ4v) is 1.97. The number of amides is 1. The van der Waals surface area contributed by atoms with Gasteiger partial charge >= 0.3 is 0 Å². The Morgan fingerprint density at radius 3 is 2.67 bits per heavy atom. The van der Waals surface area contributed by atoms with Crippen LogP contribution in [0.15, 0.2) is 36.4 Å². The van der Waals surface area contributed by atoms with Crippen molar-refractivity contribution in [1.29, 1.82) is 0 Å². The first-order chi connectivity index (χ1) is 9.88. The summed E-state index contributed by atoms with van der Waals surface area (Å²) in [5, 5.41) is 22.9. The number of phenols is 1. The number of carbonyl (C=O) groups is 1. The predicted molar refractivity (Wildman–Crippen MR) is 78.9 cm³/mol. The smallest absolute Gasteiger partial charge is 0.274 e. The molecule has 2 aromatic rings. The van der Waals surface area contributed by atoms with Gasteiger partial charge in [0.05, 0.1) is 15.5 Å². The maximum atomic E-state index is 12.1. The zero-order valence-corrected chi connectivity index (χ0v) is 11.7. The minimum absolute atomic E-state index is 0.0832. The van der Waals surface area contributed by atoms with E-state index in [1.54, 1.807) is 13.0 Å². The summed E-state index contributed by atoms with van der Waals surface area (Å²) in [7, 11) is 0. The molecule has 6 nitrogen and oxygen atoms in total.